The third-order valence-electron chi connectivity index (χ3n) is 4.52. The standard InChI is InChI=1S/C18H33NO5.C2HF3O2/c1-4-5-6-7-8-9-10-11-14-18(24-16(20)12-19)17(22-3)15(21-2)13-23-14;3-2(4,5)1(6)7/h10-11,14-15,17-18H,4-9,12-13,19H2,1-3H3;(H,6,7)/t14-,15+,17-,18+;/m0./s1. The van der Waals surface area contributed by atoms with E-state index in [-0.39, 0.29) is 24.9 Å². The average molecular weight is 457 g/mol. The van der Waals surface area contributed by atoms with E-state index in [0.717, 1.165) is 12.8 Å². The smallest absolute Gasteiger partial charge is 0.475 e. The Hall–Kier alpha value is -1.69. The minimum absolute atomic E-state index is 0.168. The highest BCUT2D eigenvalue weighted by atomic mass is 19.4. The van der Waals surface area contributed by atoms with Crippen LogP contribution in [0.3, 0.4) is 0 Å². The highest BCUT2D eigenvalue weighted by molar-refractivity contribution is 5.73. The second-order valence-corrected chi connectivity index (χ2v) is 6.86. The van der Waals surface area contributed by atoms with Crippen molar-refractivity contribution >= 4 is 11.9 Å². The van der Waals surface area contributed by atoms with E-state index in [0.29, 0.717) is 6.61 Å². The molecule has 0 spiro atoms. The first kappa shape index (κ1) is 29.3. The van der Waals surface area contributed by atoms with E-state index in [9.17, 15) is 18.0 Å². The molecule has 1 heterocycles. The van der Waals surface area contributed by atoms with Crippen LogP contribution in [0.4, 0.5) is 13.2 Å². The predicted molar refractivity (Wildman–Crippen MR) is 106 cm³/mol. The molecule has 1 aliphatic heterocycles. The largest absolute Gasteiger partial charge is 0.490 e. The molecule has 31 heavy (non-hydrogen) atoms. The van der Waals surface area contributed by atoms with Gasteiger partial charge in [-0.05, 0) is 12.8 Å². The molecule has 1 saturated heterocycles. The number of hydrogen-bond donors (Lipinski definition) is 2. The van der Waals surface area contributed by atoms with Crippen LogP contribution >= 0.6 is 0 Å². The Bertz CT molecular complexity index is 543. The van der Waals surface area contributed by atoms with Crippen molar-refractivity contribution < 1.29 is 46.8 Å². The maximum atomic E-state index is 11.6. The zero-order valence-electron chi connectivity index (χ0n) is 18.2. The molecular weight excluding hydrogens is 423 g/mol. The van der Waals surface area contributed by atoms with Gasteiger partial charge in [0.2, 0.25) is 0 Å². The number of unbranched alkanes of at least 4 members (excludes halogenated alkanes) is 5. The molecule has 0 aromatic rings. The number of allylic oxidation sites excluding steroid dienone is 1. The summed E-state index contributed by atoms with van der Waals surface area (Å²) in [5.74, 6) is -3.23. The molecular formula is C20H34F3NO7. The molecule has 182 valence electrons. The van der Waals surface area contributed by atoms with Crippen LogP contribution in [0.5, 0.6) is 0 Å². The number of ether oxygens (including phenoxy) is 4. The first-order valence-corrected chi connectivity index (χ1v) is 10.2. The third-order valence-corrected chi connectivity index (χ3v) is 4.52. The van der Waals surface area contributed by atoms with Crippen LogP contribution < -0.4 is 5.73 Å². The van der Waals surface area contributed by atoms with E-state index < -0.39 is 24.2 Å². The molecule has 1 aliphatic rings. The van der Waals surface area contributed by atoms with Crippen LogP contribution in [0.2, 0.25) is 0 Å². The fourth-order valence-electron chi connectivity index (χ4n) is 2.88. The van der Waals surface area contributed by atoms with E-state index in [2.05, 4.69) is 13.0 Å². The topological polar surface area (TPSA) is 117 Å². The minimum Gasteiger partial charge on any atom is -0.475 e. The summed E-state index contributed by atoms with van der Waals surface area (Å²) in [6.07, 6.45) is 4.64. The van der Waals surface area contributed by atoms with Crippen molar-refractivity contribution in [3.05, 3.63) is 12.2 Å². The normalized spacial score (nSPS) is 23.8. The Kier molecular flexibility index (Phi) is 15.1. The number of alkyl halides is 3. The van der Waals surface area contributed by atoms with Gasteiger partial charge >= 0.3 is 18.1 Å². The molecule has 8 nitrogen and oxygen atoms in total. The van der Waals surface area contributed by atoms with Crippen LogP contribution in [0, 0.1) is 0 Å². The Morgan fingerprint density at radius 2 is 1.74 bits per heavy atom. The highest BCUT2D eigenvalue weighted by Gasteiger charge is 2.42. The Morgan fingerprint density at radius 3 is 2.23 bits per heavy atom. The number of methoxy groups -OCH3 is 2. The number of carbonyl (C=O) groups excluding carboxylic acids is 1. The lowest BCUT2D eigenvalue weighted by molar-refractivity contribution is -0.209. The van der Waals surface area contributed by atoms with Crippen molar-refractivity contribution in [3.8, 4) is 0 Å². The summed E-state index contributed by atoms with van der Waals surface area (Å²) < 4.78 is 53.9. The van der Waals surface area contributed by atoms with Crippen LogP contribution in [-0.4, -0.2) is 75.0 Å². The van der Waals surface area contributed by atoms with Gasteiger partial charge in [-0.25, -0.2) is 4.79 Å². The fourth-order valence-corrected chi connectivity index (χ4v) is 2.88. The van der Waals surface area contributed by atoms with E-state index in [1.807, 2.05) is 6.08 Å². The monoisotopic (exact) mass is 457 g/mol. The second kappa shape index (κ2) is 16.0. The van der Waals surface area contributed by atoms with E-state index >= 15 is 0 Å². The van der Waals surface area contributed by atoms with Crippen molar-refractivity contribution in [1.82, 2.24) is 0 Å². The zero-order valence-corrected chi connectivity index (χ0v) is 18.2. The number of carboxylic acids is 1. The van der Waals surface area contributed by atoms with Gasteiger partial charge in [-0.15, -0.1) is 0 Å². The van der Waals surface area contributed by atoms with Gasteiger partial charge in [0.15, 0.2) is 6.10 Å². The molecule has 3 N–H and O–H groups in total. The van der Waals surface area contributed by atoms with E-state index in [1.165, 1.54) is 25.7 Å². The number of hydrogen-bond acceptors (Lipinski definition) is 7. The molecule has 1 fully saturated rings. The first-order valence-electron chi connectivity index (χ1n) is 10.2. The molecule has 0 saturated carbocycles. The second-order valence-electron chi connectivity index (χ2n) is 6.86. The SMILES string of the molecule is CCCCCCCC=C[C@@H]1OC[C@@H](OC)[C@H](OC)[C@@H]1OC(=O)CN.O=C(O)C(F)(F)F. The summed E-state index contributed by atoms with van der Waals surface area (Å²) in [5, 5.41) is 7.12. The lowest BCUT2D eigenvalue weighted by atomic mass is 9.98. The van der Waals surface area contributed by atoms with Gasteiger partial charge in [0, 0.05) is 14.2 Å². The van der Waals surface area contributed by atoms with Gasteiger partial charge < -0.3 is 29.8 Å². The molecule has 0 unspecified atom stereocenters. The van der Waals surface area contributed by atoms with Gasteiger partial charge in [0.05, 0.1) is 13.2 Å². The molecule has 0 aromatic carbocycles. The number of carboxylic acid groups (broad SMARTS) is 1. The minimum atomic E-state index is -5.08. The summed E-state index contributed by atoms with van der Waals surface area (Å²) in [4.78, 5) is 20.5. The molecule has 0 aromatic heterocycles. The highest BCUT2D eigenvalue weighted by Crippen LogP contribution is 2.24. The van der Waals surface area contributed by atoms with Gasteiger partial charge in [-0.2, -0.15) is 13.2 Å². The summed E-state index contributed by atoms with van der Waals surface area (Å²) in [7, 11) is 3.17. The van der Waals surface area contributed by atoms with Gasteiger partial charge in [0.25, 0.3) is 0 Å². The Labute approximate surface area is 180 Å². The van der Waals surface area contributed by atoms with Gasteiger partial charge in [-0.1, -0.05) is 44.8 Å². The van der Waals surface area contributed by atoms with E-state index in [1.54, 1.807) is 14.2 Å². The molecule has 4 atom stereocenters. The number of esters is 1. The molecule has 1 rings (SSSR count). The number of aliphatic carboxylic acids is 1. The van der Waals surface area contributed by atoms with Crippen molar-refractivity contribution in [3.63, 3.8) is 0 Å². The number of carbonyl (C=O) groups is 2. The quantitative estimate of drug-likeness (QED) is 0.276. The van der Waals surface area contributed by atoms with Crippen LogP contribution in [0.1, 0.15) is 45.4 Å². The molecule has 11 heteroatoms. The first-order chi connectivity index (χ1) is 14.6. The van der Waals surface area contributed by atoms with Crippen LogP contribution in [-0.2, 0) is 28.5 Å². The molecule has 0 aliphatic carbocycles. The zero-order chi connectivity index (χ0) is 23.9. The maximum Gasteiger partial charge on any atom is 0.490 e. The molecule has 0 amide bonds. The number of halogens is 3. The number of rotatable bonds is 11. The van der Waals surface area contributed by atoms with Crippen LogP contribution in [0.15, 0.2) is 12.2 Å². The molecule has 0 radical (unpaired) electrons. The average Bonchev–Trinajstić information content (AvgIpc) is 2.73. The Balaban J connectivity index is 0.00000110. The third kappa shape index (κ3) is 12.1. The number of nitrogens with two attached hydrogens (primary N) is 1. The van der Waals surface area contributed by atoms with Crippen molar-refractivity contribution in [2.24, 2.45) is 5.73 Å². The summed E-state index contributed by atoms with van der Waals surface area (Å²) in [5.41, 5.74) is 5.36. The summed E-state index contributed by atoms with van der Waals surface area (Å²) in [6, 6.07) is 0. The fraction of sp³-hybridized carbons (Fsp3) is 0.800. The van der Waals surface area contributed by atoms with Crippen molar-refractivity contribution in [2.75, 3.05) is 27.4 Å². The van der Waals surface area contributed by atoms with Crippen molar-refractivity contribution in [2.45, 2.75) is 76.0 Å². The lowest BCUT2D eigenvalue weighted by Crippen LogP contribution is -2.55. The maximum absolute atomic E-state index is 11.6. The molecule has 0 bridgehead atoms. The summed E-state index contributed by atoms with van der Waals surface area (Å²) in [6.45, 7) is 2.44. The van der Waals surface area contributed by atoms with E-state index in [4.69, 9.17) is 34.6 Å². The summed E-state index contributed by atoms with van der Waals surface area (Å²) >= 11 is 0. The Morgan fingerprint density at radius 1 is 1.13 bits per heavy atom. The van der Waals surface area contributed by atoms with Crippen LogP contribution in [0.25, 0.3) is 0 Å². The van der Waals surface area contributed by atoms with Crippen molar-refractivity contribution in [1.29, 1.82) is 0 Å². The van der Waals surface area contributed by atoms with Gasteiger partial charge in [0.1, 0.15) is 18.3 Å². The van der Waals surface area contributed by atoms with Gasteiger partial charge in [-0.3, -0.25) is 4.79 Å². The lowest BCUT2D eigenvalue weighted by Gasteiger charge is -2.39. The predicted octanol–water partition coefficient (Wildman–Crippen LogP) is 2.84.